The van der Waals surface area contributed by atoms with E-state index in [0.29, 0.717) is 12.2 Å². The highest BCUT2D eigenvalue weighted by atomic mass is 16.5. The van der Waals surface area contributed by atoms with Gasteiger partial charge < -0.3 is 20.4 Å². The van der Waals surface area contributed by atoms with Crippen LogP contribution in [0, 0.1) is 0 Å². The van der Waals surface area contributed by atoms with Crippen LogP contribution in [0.15, 0.2) is 66.7 Å². The normalized spacial score (nSPS) is 14.8. The average molecular weight is 399 g/mol. The van der Waals surface area contributed by atoms with Gasteiger partial charge in [0.25, 0.3) is 5.91 Å². The van der Waals surface area contributed by atoms with Crippen LogP contribution in [0.5, 0.6) is 5.75 Å². The molecule has 0 aliphatic carbocycles. The summed E-state index contributed by atoms with van der Waals surface area (Å²) in [5.41, 5.74) is 2.57. The molecule has 5 nitrogen and oxygen atoms in total. The number of hydrogen-bond donors (Lipinski definition) is 3. The minimum atomic E-state index is -0.119. The number of rotatable bonds is 5. The molecule has 0 atom stereocenters. The SMILES string of the molecule is O=C(NCc1cccc2ccccc12)c1cc2c(OC3CCNCC3)cccc2[nH]1. The molecule has 3 aromatic carbocycles. The third-order valence-electron chi connectivity index (χ3n) is 5.77. The lowest BCUT2D eigenvalue weighted by Crippen LogP contribution is -2.34. The fourth-order valence-electron chi connectivity index (χ4n) is 4.16. The van der Waals surface area contributed by atoms with Gasteiger partial charge in [0.05, 0.1) is 0 Å². The topological polar surface area (TPSA) is 66.2 Å². The van der Waals surface area contributed by atoms with E-state index in [1.54, 1.807) is 0 Å². The van der Waals surface area contributed by atoms with Gasteiger partial charge in [-0.3, -0.25) is 4.79 Å². The lowest BCUT2D eigenvalue weighted by Gasteiger charge is -2.24. The maximum Gasteiger partial charge on any atom is 0.267 e. The summed E-state index contributed by atoms with van der Waals surface area (Å²) in [5, 5.41) is 9.69. The first kappa shape index (κ1) is 18.7. The van der Waals surface area contributed by atoms with Crippen LogP contribution in [0.1, 0.15) is 28.9 Å². The Morgan fingerprint density at radius 3 is 2.67 bits per heavy atom. The fourth-order valence-corrected chi connectivity index (χ4v) is 4.16. The molecule has 1 aliphatic rings. The second-order valence-electron chi connectivity index (χ2n) is 7.79. The summed E-state index contributed by atoms with van der Waals surface area (Å²) >= 11 is 0. The molecule has 0 unspecified atom stereocenters. The molecule has 0 saturated carbocycles. The zero-order valence-electron chi connectivity index (χ0n) is 16.8. The first-order valence-corrected chi connectivity index (χ1v) is 10.5. The van der Waals surface area contributed by atoms with E-state index < -0.39 is 0 Å². The minimum absolute atomic E-state index is 0.119. The van der Waals surface area contributed by atoms with E-state index in [0.717, 1.165) is 53.5 Å². The number of aromatic nitrogens is 1. The number of H-pyrrole nitrogens is 1. The molecule has 3 N–H and O–H groups in total. The number of carbonyl (C=O) groups excluding carboxylic acids is 1. The van der Waals surface area contributed by atoms with Crippen molar-refractivity contribution < 1.29 is 9.53 Å². The highest BCUT2D eigenvalue weighted by Crippen LogP contribution is 2.28. The predicted molar refractivity (Wildman–Crippen MR) is 120 cm³/mol. The lowest BCUT2D eigenvalue weighted by molar-refractivity contribution is 0.0947. The molecule has 30 heavy (non-hydrogen) atoms. The predicted octanol–water partition coefficient (Wildman–Crippen LogP) is 4.38. The molecule has 0 radical (unpaired) electrons. The van der Waals surface area contributed by atoms with Crippen LogP contribution in [-0.2, 0) is 6.54 Å². The Morgan fingerprint density at radius 1 is 0.967 bits per heavy atom. The van der Waals surface area contributed by atoms with Gasteiger partial charge in [-0.05, 0) is 60.5 Å². The molecule has 152 valence electrons. The lowest BCUT2D eigenvalue weighted by atomic mass is 10.0. The Bertz CT molecular complexity index is 1190. The Kier molecular flexibility index (Phi) is 5.11. The van der Waals surface area contributed by atoms with Crippen molar-refractivity contribution >= 4 is 27.6 Å². The maximum atomic E-state index is 12.8. The molecule has 5 rings (SSSR count). The zero-order chi connectivity index (χ0) is 20.3. The van der Waals surface area contributed by atoms with E-state index in [4.69, 9.17) is 4.74 Å². The third kappa shape index (κ3) is 3.76. The number of hydrogen-bond acceptors (Lipinski definition) is 3. The molecule has 4 aromatic rings. The van der Waals surface area contributed by atoms with E-state index in [9.17, 15) is 4.79 Å². The Labute approximate surface area is 175 Å². The van der Waals surface area contributed by atoms with Crippen molar-refractivity contribution in [1.29, 1.82) is 0 Å². The number of ether oxygens (including phenoxy) is 1. The van der Waals surface area contributed by atoms with Crippen molar-refractivity contribution in [2.75, 3.05) is 13.1 Å². The van der Waals surface area contributed by atoms with Crippen LogP contribution >= 0.6 is 0 Å². The number of carbonyl (C=O) groups is 1. The number of benzene rings is 3. The van der Waals surface area contributed by atoms with Crippen LogP contribution in [-0.4, -0.2) is 30.1 Å². The molecule has 2 heterocycles. The Hall–Kier alpha value is -3.31. The number of piperidine rings is 1. The van der Waals surface area contributed by atoms with E-state index in [1.165, 1.54) is 5.39 Å². The monoisotopic (exact) mass is 399 g/mol. The summed E-state index contributed by atoms with van der Waals surface area (Å²) in [6.07, 6.45) is 2.22. The van der Waals surface area contributed by atoms with Gasteiger partial charge in [0, 0.05) is 17.4 Å². The van der Waals surface area contributed by atoms with Gasteiger partial charge in [0.2, 0.25) is 0 Å². The van der Waals surface area contributed by atoms with Crippen molar-refractivity contribution in [3.63, 3.8) is 0 Å². The van der Waals surface area contributed by atoms with Crippen molar-refractivity contribution in [2.45, 2.75) is 25.5 Å². The number of fused-ring (bicyclic) bond motifs is 2. The second-order valence-corrected chi connectivity index (χ2v) is 7.79. The molecule has 0 spiro atoms. The molecule has 5 heteroatoms. The summed E-state index contributed by atoms with van der Waals surface area (Å²) < 4.78 is 6.25. The van der Waals surface area contributed by atoms with Gasteiger partial charge in [-0.2, -0.15) is 0 Å². The largest absolute Gasteiger partial charge is 0.490 e. The van der Waals surface area contributed by atoms with Crippen LogP contribution in [0.4, 0.5) is 0 Å². The van der Waals surface area contributed by atoms with Gasteiger partial charge in [-0.25, -0.2) is 0 Å². The summed E-state index contributed by atoms with van der Waals surface area (Å²) in [5.74, 6) is 0.718. The molecule has 1 amide bonds. The van der Waals surface area contributed by atoms with Gasteiger partial charge in [-0.15, -0.1) is 0 Å². The second kappa shape index (κ2) is 8.20. The fraction of sp³-hybridized carbons (Fsp3) is 0.240. The first-order chi connectivity index (χ1) is 14.8. The molecule has 0 bridgehead atoms. The quantitative estimate of drug-likeness (QED) is 0.467. The van der Waals surface area contributed by atoms with Gasteiger partial charge in [-0.1, -0.05) is 48.5 Å². The number of aromatic amines is 1. The Balaban J connectivity index is 1.34. The first-order valence-electron chi connectivity index (χ1n) is 10.5. The zero-order valence-corrected chi connectivity index (χ0v) is 16.8. The van der Waals surface area contributed by atoms with Crippen LogP contribution in [0.3, 0.4) is 0 Å². The van der Waals surface area contributed by atoms with Gasteiger partial charge in [0.1, 0.15) is 17.5 Å². The van der Waals surface area contributed by atoms with E-state index in [-0.39, 0.29) is 12.0 Å². The molecule has 1 saturated heterocycles. The van der Waals surface area contributed by atoms with E-state index in [2.05, 4.69) is 39.9 Å². The summed E-state index contributed by atoms with van der Waals surface area (Å²) in [7, 11) is 0. The van der Waals surface area contributed by atoms with Crippen molar-refractivity contribution in [2.24, 2.45) is 0 Å². The molecule has 1 fully saturated rings. The molecule has 1 aromatic heterocycles. The third-order valence-corrected chi connectivity index (χ3v) is 5.77. The van der Waals surface area contributed by atoms with Gasteiger partial charge in [0.15, 0.2) is 0 Å². The maximum absolute atomic E-state index is 12.8. The molecular formula is C25H25N3O2. The highest BCUT2D eigenvalue weighted by molar-refractivity contribution is 5.99. The molecular weight excluding hydrogens is 374 g/mol. The van der Waals surface area contributed by atoms with Crippen molar-refractivity contribution in [3.05, 3.63) is 78.0 Å². The Morgan fingerprint density at radius 2 is 1.77 bits per heavy atom. The van der Waals surface area contributed by atoms with Crippen LogP contribution in [0.2, 0.25) is 0 Å². The number of amides is 1. The highest BCUT2D eigenvalue weighted by Gasteiger charge is 2.17. The smallest absolute Gasteiger partial charge is 0.267 e. The standard InChI is InChI=1S/C25H25N3O2/c29-25(27-16-18-7-3-6-17-5-1-2-8-20(17)18)23-15-21-22(28-23)9-4-10-24(21)30-19-11-13-26-14-12-19/h1-10,15,19,26,28H,11-14,16H2,(H,27,29). The van der Waals surface area contributed by atoms with Gasteiger partial charge >= 0.3 is 0 Å². The van der Waals surface area contributed by atoms with Crippen LogP contribution < -0.4 is 15.4 Å². The average Bonchev–Trinajstić information content (AvgIpc) is 3.24. The van der Waals surface area contributed by atoms with Crippen molar-refractivity contribution in [3.8, 4) is 5.75 Å². The van der Waals surface area contributed by atoms with E-state index >= 15 is 0 Å². The van der Waals surface area contributed by atoms with Crippen LogP contribution in [0.25, 0.3) is 21.7 Å². The van der Waals surface area contributed by atoms with E-state index in [1.807, 2.05) is 42.5 Å². The summed E-state index contributed by atoms with van der Waals surface area (Å²) in [6, 6.07) is 22.2. The minimum Gasteiger partial charge on any atom is -0.490 e. The number of nitrogens with one attached hydrogen (secondary N) is 3. The van der Waals surface area contributed by atoms with Crippen molar-refractivity contribution in [1.82, 2.24) is 15.6 Å². The summed E-state index contributed by atoms with van der Waals surface area (Å²) in [6.45, 7) is 2.44. The molecule has 1 aliphatic heterocycles. The summed E-state index contributed by atoms with van der Waals surface area (Å²) in [4.78, 5) is 16.1.